The van der Waals surface area contributed by atoms with Crippen LogP contribution in [0.3, 0.4) is 0 Å². The molecule has 0 spiro atoms. The quantitative estimate of drug-likeness (QED) is 0.903. The molecule has 2 rings (SSSR count). The molecule has 1 atom stereocenters. The fourth-order valence-corrected chi connectivity index (χ4v) is 1.74. The number of nitrogens with zero attached hydrogens (tertiary/aromatic N) is 2. The van der Waals surface area contributed by atoms with Gasteiger partial charge < -0.3 is 10.3 Å². The fraction of sp³-hybridized carbons (Fsp3) is 0.429. The van der Waals surface area contributed by atoms with Crippen LogP contribution >= 0.6 is 0 Å². The minimum Gasteiger partial charge on any atom is -0.337 e. The molecule has 0 bridgehead atoms. The molecule has 0 radical (unpaired) electrons. The third kappa shape index (κ3) is 3.17. The van der Waals surface area contributed by atoms with Crippen molar-refractivity contribution in [2.24, 2.45) is 11.1 Å². The van der Waals surface area contributed by atoms with Crippen LogP contribution in [-0.4, -0.2) is 10.1 Å². The van der Waals surface area contributed by atoms with Gasteiger partial charge in [-0.15, -0.1) is 0 Å². The molecular formula is C14H19N3O. The first kappa shape index (κ1) is 12.8. The largest absolute Gasteiger partial charge is 0.337 e. The van der Waals surface area contributed by atoms with Gasteiger partial charge in [0.15, 0.2) is 5.82 Å². The monoisotopic (exact) mass is 245 g/mol. The molecule has 18 heavy (non-hydrogen) atoms. The molecule has 96 valence electrons. The average Bonchev–Trinajstić information content (AvgIpc) is 2.75. The summed E-state index contributed by atoms with van der Waals surface area (Å²) in [7, 11) is 0. The van der Waals surface area contributed by atoms with Crippen LogP contribution in [0.25, 0.3) is 0 Å². The number of benzene rings is 1. The lowest BCUT2D eigenvalue weighted by molar-refractivity contribution is 0.348. The molecule has 0 saturated heterocycles. The lowest BCUT2D eigenvalue weighted by atomic mass is 9.92. The van der Waals surface area contributed by atoms with E-state index in [9.17, 15) is 0 Å². The third-order valence-corrected chi connectivity index (χ3v) is 2.60. The Morgan fingerprint density at radius 2 is 1.89 bits per heavy atom. The highest BCUT2D eigenvalue weighted by molar-refractivity contribution is 5.22. The maximum Gasteiger partial charge on any atom is 0.248 e. The van der Waals surface area contributed by atoms with E-state index in [0.29, 0.717) is 11.7 Å². The van der Waals surface area contributed by atoms with Gasteiger partial charge in [-0.05, 0) is 11.0 Å². The highest BCUT2D eigenvalue weighted by atomic mass is 16.5. The molecule has 2 N–H and O–H groups in total. The molecule has 1 aromatic carbocycles. The van der Waals surface area contributed by atoms with Crippen LogP contribution in [-0.2, 0) is 6.42 Å². The van der Waals surface area contributed by atoms with Crippen molar-refractivity contribution in [2.75, 3.05) is 0 Å². The van der Waals surface area contributed by atoms with Crippen LogP contribution in [0.15, 0.2) is 34.9 Å². The molecule has 0 unspecified atom stereocenters. The van der Waals surface area contributed by atoms with Crippen molar-refractivity contribution >= 4 is 0 Å². The SMILES string of the molecule is CC(C)(C)Cc1noc([C@H](N)c2ccccc2)n1. The van der Waals surface area contributed by atoms with Gasteiger partial charge in [-0.1, -0.05) is 56.3 Å². The van der Waals surface area contributed by atoms with Gasteiger partial charge in [-0.25, -0.2) is 0 Å². The lowest BCUT2D eigenvalue weighted by Gasteiger charge is -2.14. The highest BCUT2D eigenvalue weighted by Crippen LogP contribution is 2.21. The summed E-state index contributed by atoms with van der Waals surface area (Å²) in [6.07, 6.45) is 0.776. The van der Waals surface area contributed by atoms with Gasteiger partial charge in [0.2, 0.25) is 5.89 Å². The number of aromatic nitrogens is 2. The van der Waals surface area contributed by atoms with Gasteiger partial charge in [-0.3, -0.25) is 0 Å². The number of nitrogens with two attached hydrogens (primary N) is 1. The Kier molecular flexibility index (Phi) is 3.48. The van der Waals surface area contributed by atoms with Gasteiger partial charge in [0.1, 0.15) is 6.04 Å². The Morgan fingerprint density at radius 1 is 1.22 bits per heavy atom. The molecule has 0 amide bonds. The first-order valence-electron chi connectivity index (χ1n) is 6.09. The van der Waals surface area contributed by atoms with Crippen LogP contribution in [0.2, 0.25) is 0 Å². The van der Waals surface area contributed by atoms with E-state index in [1.165, 1.54) is 0 Å². The van der Waals surface area contributed by atoms with Gasteiger partial charge >= 0.3 is 0 Å². The van der Waals surface area contributed by atoms with Gasteiger partial charge in [-0.2, -0.15) is 4.98 Å². The van der Waals surface area contributed by atoms with E-state index in [0.717, 1.165) is 12.0 Å². The van der Waals surface area contributed by atoms with Gasteiger partial charge in [0.25, 0.3) is 0 Å². The Balaban J connectivity index is 2.15. The molecule has 0 fully saturated rings. The summed E-state index contributed by atoms with van der Waals surface area (Å²) >= 11 is 0. The van der Waals surface area contributed by atoms with E-state index in [1.807, 2.05) is 30.3 Å². The number of rotatable bonds is 3. The second-order valence-electron chi connectivity index (χ2n) is 5.67. The van der Waals surface area contributed by atoms with E-state index < -0.39 is 0 Å². The predicted molar refractivity (Wildman–Crippen MR) is 69.9 cm³/mol. The zero-order chi connectivity index (χ0) is 13.2. The van der Waals surface area contributed by atoms with Gasteiger partial charge in [0, 0.05) is 6.42 Å². The van der Waals surface area contributed by atoms with Crippen molar-refractivity contribution in [1.29, 1.82) is 0 Å². The topological polar surface area (TPSA) is 64.9 Å². The van der Waals surface area contributed by atoms with E-state index >= 15 is 0 Å². The predicted octanol–water partition coefficient (Wildman–Crippen LogP) is 2.71. The smallest absolute Gasteiger partial charge is 0.248 e. The average molecular weight is 245 g/mol. The van der Waals surface area contributed by atoms with Gasteiger partial charge in [0.05, 0.1) is 0 Å². The van der Waals surface area contributed by atoms with Crippen molar-refractivity contribution in [3.63, 3.8) is 0 Å². The molecule has 2 aromatic rings. The minimum atomic E-state index is -0.354. The normalized spacial score (nSPS) is 13.6. The lowest BCUT2D eigenvalue weighted by Crippen LogP contribution is -2.13. The standard InChI is InChI=1S/C14H19N3O/c1-14(2,3)9-11-16-13(18-17-11)12(15)10-7-5-4-6-8-10/h4-8,12H,9,15H2,1-3H3/t12-/m1/s1. The van der Waals surface area contributed by atoms with Crippen molar-refractivity contribution in [3.8, 4) is 0 Å². The maximum absolute atomic E-state index is 6.10. The van der Waals surface area contributed by atoms with E-state index in [1.54, 1.807) is 0 Å². The summed E-state index contributed by atoms with van der Waals surface area (Å²) in [6.45, 7) is 6.42. The summed E-state index contributed by atoms with van der Waals surface area (Å²) in [4.78, 5) is 4.37. The molecule has 4 nitrogen and oxygen atoms in total. The minimum absolute atomic E-state index is 0.137. The third-order valence-electron chi connectivity index (χ3n) is 2.60. The Bertz CT molecular complexity index is 499. The van der Waals surface area contributed by atoms with Crippen molar-refractivity contribution < 1.29 is 4.52 Å². The summed E-state index contributed by atoms with van der Waals surface area (Å²) < 4.78 is 5.24. The van der Waals surface area contributed by atoms with E-state index in [2.05, 4.69) is 30.9 Å². The molecular weight excluding hydrogens is 226 g/mol. The van der Waals surface area contributed by atoms with E-state index in [4.69, 9.17) is 10.3 Å². The van der Waals surface area contributed by atoms with Crippen LogP contribution in [0.4, 0.5) is 0 Å². The Labute approximate surface area is 107 Å². The zero-order valence-electron chi connectivity index (χ0n) is 11.1. The number of hydrogen-bond donors (Lipinski definition) is 1. The van der Waals surface area contributed by atoms with E-state index in [-0.39, 0.29) is 11.5 Å². The first-order chi connectivity index (χ1) is 8.46. The Hall–Kier alpha value is -1.68. The molecule has 0 aliphatic carbocycles. The number of hydrogen-bond acceptors (Lipinski definition) is 4. The highest BCUT2D eigenvalue weighted by Gasteiger charge is 2.20. The molecule has 1 heterocycles. The zero-order valence-corrected chi connectivity index (χ0v) is 11.1. The first-order valence-corrected chi connectivity index (χ1v) is 6.09. The van der Waals surface area contributed by atoms with Crippen molar-refractivity contribution in [1.82, 2.24) is 10.1 Å². The van der Waals surface area contributed by atoms with Crippen LogP contribution in [0, 0.1) is 5.41 Å². The fourth-order valence-electron chi connectivity index (χ4n) is 1.74. The van der Waals surface area contributed by atoms with Crippen LogP contribution < -0.4 is 5.73 Å². The van der Waals surface area contributed by atoms with Crippen molar-refractivity contribution in [3.05, 3.63) is 47.6 Å². The summed E-state index contributed by atoms with van der Waals surface area (Å²) in [6, 6.07) is 9.40. The van der Waals surface area contributed by atoms with Crippen LogP contribution in [0.5, 0.6) is 0 Å². The summed E-state index contributed by atoms with van der Waals surface area (Å²) in [5.74, 6) is 1.18. The molecule has 0 saturated carbocycles. The summed E-state index contributed by atoms with van der Waals surface area (Å²) in [5, 5.41) is 3.98. The molecule has 0 aliphatic heterocycles. The second kappa shape index (κ2) is 4.90. The second-order valence-corrected chi connectivity index (χ2v) is 5.67. The Morgan fingerprint density at radius 3 is 2.50 bits per heavy atom. The molecule has 4 heteroatoms. The van der Waals surface area contributed by atoms with Crippen LogP contribution in [0.1, 0.15) is 44.1 Å². The van der Waals surface area contributed by atoms with Crippen molar-refractivity contribution in [2.45, 2.75) is 33.2 Å². The maximum atomic E-state index is 6.10. The molecule has 0 aliphatic rings. The summed E-state index contributed by atoms with van der Waals surface area (Å²) in [5.41, 5.74) is 7.21. The molecule has 1 aromatic heterocycles.